The van der Waals surface area contributed by atoms with Crippen molar-refractivity contribution in [2.75, 3.05) is 19.6 Å². The van der Waals surface area contributed by atoms with Crippen molar-refractivity contribution in [1.29, 1.82) is 0 Å². The van der Waals surface area contributed by atoms with Crippen LogP contribution in [0.3, 0.4) is 0 Å². The van der Waals surface area contributed by atoms with Crippen molar-refractivity contribution < 1.29 is 13.9 Å². The Bertz CT molecular complexity index is 990. The van der Waals surface area contributed by atoms with Crippen LogP contribution in [0.15, 0.2) is 66.9 Å². The Morgan fingerprint density at radius 1 is 1.00 bits per heavy atom. The molecule has 4 rings (SSSR count). The molecule has 2 heterocycles. The predicted molar refractivity (Wildman–Crippen MR) is 114 cm³/mol. The first-order valence-electron chi connectivity index (χ1n) is 10.2. The van der Waals surface area contributed by atoms with E-state index in [0.717, 1.165) is 50.2 Å². The largest absolute Gasteiger partial charge is 0.457 e. The first-order chi connectivity index (χ1) is 14.7. The van der Waals surface area contributed by atoms with Gasteiger partial charge in [0, 0.05) is 31.4 Å². The third-order valence-electron chi connectivity index (χ3n) is 5.11. The highest BCUT2D eigenvalue weighted by molar-refractivity contribution is 5.76. The molecular formula is C24H24FN3O2. The fourth-order valence-electron chi connectivity index (χ4n) is 3.48. The van der Waals surface area contributed by atoms with E-state index in [0.29, 0.717) is 11.5 Å². The summed E-state index contributed by atoms with van der Waals surface area (Å²) in [5.74, 6) is 0.994. The van der Waals surface area contributed by atoms with E-state index < -0.39 is 0 Å². The summed E-state index contributed by atoms with van der Waals surface area (Å²) in [6, 6.07) is 17.9. The average Bonchev–Trinajstić information content (AvgIpc) is 3.18. The number of carbonyl (C=O) groups excluding carboxylic acids is 1. The highest BCUT2D eigenvalue weighted by Gasteiger charge is 2.18. The van der Waals surface area contributed by atoms with Gasteiger partial charge in [-0.05, 0) is 85.5 Å². The van der Waals surface area contributed by atoms with E-state index in [1.807, 2.05) is 41.4 Å². The number of aryl methyl sites for hydroxylation is 1. The number of hydrogen-bond donors (Lipinski definition) is 1. The molecule has 5 nitrogen and oxygen atoms in total. The minimum atomic E-state index is -0.287. The molecule has 6 heteroatoms. The Kier molecular flexibility index (Phi) is 6.23. The number of aromatic nitrogens is 1. The maximum Gasteiger partial charge on any atom is 0.317 e. The normalized spacial score (nSPS) is 13.4. The summed E-state index contributed by atoms with van der Waals surface area (Å²) in [5, 5.41) is 2.83. The third kappa shape index (κ3) is 5.14. The number of halogens is 1. The lowest BCUT2D eigenvalue weighted by atomic mass is 10.1. The highest BCUT2D eigenvalue weighted by Crippen LogP contribution is 2.25. The van der Waals surface area contributed by atoms with Crippen LogP contribution >= 0.6 is 0 Å². The first kappa shape index (κ1) is 19.9. The molecule has 1 aliphatic heterocycles. The van der Waals surface area contributed by atoms with Crippen molar-refractivity contribution in [3.8, 4) is 22.8 Å². The van der Waals surface area contributed by atoms with Crippen LogP contribution in [0.25, 0.3) is 11.3 Å². The lowest BCUT2D eigenvalue weighted by molar-refractivity contribution is 0.216. The molecule has 0 saturated carbocycles. The highest BCUT2D eigenvalue weighted by atomic mass is 19.1. The monoisotopic (exact) mass is 405 g/mol. The van der Waals surface area contributed by atoms with Crippen LogP contribution in [0.2, 0.25) is 0 Å². The van der Waals surface area contributed by atoms with Gasteiger partial charge in [-0.3, -0.25) is 4.98 Å². The Morgan fingerprint density at radius 3 is 2.43 bits per heavy atom. The van der Waals surface area contributed by atoms with Gasteiger partial charge in [-0.1, -0.05) is 0 Å². The molecule has 1 saturated heterocycles. The van der Waals surface area contributed by atoms with E-state index in [1.54, 1.807) is 12.1 Å². The summed E-state index contributed by atoms with van der Waals surface area (Å²) >= 11 is 0. The number of hydrogen-bond acceptors (Lipinski definition) is 3. The van der Waals surface area contributed by atoms with Crippen molar-refractivity contribution in [3.63, 3.8) is 0 Å². The van der Waals surface area contributed by atoms with Crippen LogP contribution < -0.4 is 10.1 Å². The molecule has 154 valence electrons. The number of ether oxygens (including phenoxy) is 1. The summed E-state index contributed by atoms with van der Waals surface area (Å²) in [6.45, 7) is 2.36. The smallest absolute Gasteiger partial charge is 0.317 e. The van der Waals surface area contributed by atoms with E-state index in [1.165, 1.54) is 17.7 Å². The van der Waals surface area contributed by atoms with Crippen LogP contribution in [0.4, 0.5) is 9.18 Å². The van der Waals surface area contributed by atoms with E-state index in [9.17, 15) is 9.18 Å². The van der Waals surface area contributed by atoms with Crippen LogP contribution in [-0.4, -0.2) is 35.5 Å². The molecule has 1 aliphatic rings. The van der Waals surface area contributed by atoms with Gasteiger partial charge in [0.1, 0.15) is 17.3 Å². The van der Waals surface area contributed by atoms with Crippen LogP contribution in [0.1, 0.15) is 18.4 Å². The topological polar surface area (TPSA) is 54.5 Å². The molecule has 1 N–H and O–H groups in total. The number of rotatable bonds is 8. The Labute approximate surface area is 175 Å². The summed E-state index contributed by atoms with van der Waals surface area (Å²) < 4.78 is 18.7. The minimum Gasteiger partial charge on any atom is -0.457 e. The Hall–Kier alpha value is -3.41. The Morgan fingerprint density at radius 2 is 1.73 bits per heavy atom. The maximum absolute atomic E-state index is 13.0. The molecule has 0 atom stereocenters. The molecule has 2 amide bonds. The van der Waals surface area contributed by atoms with Crippen molar-refractivity contribution in [2.24, 2.45) is 0 Å². The zero-order valence-electron chi connectivity index (χ0n) is 16.7. The summed E-state index contributed by atoms with van der Waals surface area (Å²) in [6.07, 6.45) is 4.80. The second-order valence-electron chi connectivity index (χ2n) is 7.31. The Balaban J connectivity index is 1.32. The van der Waals surface area contributed by atoms with E-state index in [-0.39, 0.29) is 11.8 Å². The summed E-state index contributed by atoms with van der Waals surface area (Å²) in [5.41, 5.74) is 3.16. The first-order valence-corrected chi connectivity index (χ1v) is 10.2. The molecule has 1 fully saturated rings. The molecule has 3 aromatic rings. The molecule has 30 heavy (non-hydrogen) atoms. The van der Waals surface area contributed by atoms with Gasteiger partial charge in [0.25, 0.3) is 0 Å². The fourth-order valence-corrected chi connectivity index (χ4v) is 3.48. The van der Waals surface area contributed by atoms with Gasteiger partial charge in [-0.15, -0.1) is 0 Å². The second-order valence-corrected chi connectivity index (χ2v) is 7.31. The van der Waals surface area contributed by atoms with E-state index in [2.05, 4.69) is 16.4 Å². The second kappa shape index (κ2) is 9.39. The van der Waals surface area contributed by atoms with Gasteiger partial charge in [0.15, 0.2) is 0 Å². The zero-order valence-corrected chi connectivity index (χ0v) is 16.7. The van der Waals surface area contributed by atoms with Crippen molar-refractivity contribution >= 4 is 6.03 Å². The number of benzene rings is 2. The van der Waals surface area contributed by atoms with Gasteiger partial charge in [0.05, 0.1) is 5.69 Å². The molecule has 0 radical (unpaired) electrons. The number of unbranched alkanes of at least 4 members (excludes halogenated alkanes) is 1. The van der Waals surface area contributed by atoms with Gasteiger partial charge < -0.3 is 15.0 Å². The number of nitrogens with zero attached hydrogens (tertiary/aromatic N) is 2. The zero-order chi connectivity index (χ0) is 20.8. The SMILES string of the molecule is O=C1NCCN1CCCCc1ccnc(-c2ccc(Oc3ccc(F)cc3)cc2)c1. The number of amides is 2. The molecule has 1 aromatic heterocycles. The number of pyridine rings is 1. The molecular weight excluding hydrogens is 381 g/mol. The summed E-state index contributed by atoms with van der Waals surface area (Å²) in [7, 11) is 0. The standard InChI is InChI=1S/C24H24FN3O2/c25-20-6-10-22(11-7-20)30-21-8-4-19(5-9-21)23-17-18(12-13-26-23)3-1-2-15-28-16-14-27-24(28)29/h4-13,17H,1-3,14-16H2,(H,27,29). The lowest BCUT2D eigenvalue weighted by Gasteiger charge is -2.13. The molecule has 0 bridgehead atoms. The number of nitrogens with one attached hydrogen (secondary N) is 1. The van der Waals surface area contributed by atoms with Gasteiger partial charge in [0.2, 0.25) is 0 Å². The van der Waals surface area contributed by atoms with E-state index >= 15 is 0 Å². The van der Waals surface area contributed by atoms with E-state index in [4.69, 9.17) is 4.74 Å². The minimum absolute atomic E-state index is 0.0491. The van der Waals surface area contributed by atoms with Gasteiger partial charge in [-0.25, -0.2) is 9.18 Å². The molecule has 2 aromatic carbocycles. The number of urea groups is 1. The van der Waals surface area contributed by atoms with Crippen molar-refractivity contribution in [1.82, 2.24) is 15.2 Å². The quantitative estimate of drug-likeness (QED) is 0.535. The number of carbonyl (C=O) groups is 1. The van der Waals surface area contributed by atoms with Crippen LogP contribution in [-0.2, 0) is 6.42 Å². The predicted octanol–water partition coefficient (Wildman–Crippen LogP) is 5.03. The van der Waals surface area contributed by atoms with Gasteiger partial charge in [-0.2, -0.15) is 0 Å². The third-order valence-corrected chi connectivity index (χ3v) is 5.11. The summed E-state index contributed by atoms with van der Waals surface area (Å²) in [4.78, 5) is 17.9. The fraction of sp³-hybridized carbons (Fsp3) is 0.250. The maximum atomic E-state index is 13.0. The van der Waals surface area contributed by atoms with Crippen LogP contribution in [0.5, 0.6) is 11.5 Å². The lowest BCUT2D eigenvalue weighted by Crippen LogP contribution is -2.28. The van der Waals surface area contributed by atoms with Crippen molar-refractivity contribution in [2.45, 2.75) is 19.3 Å². The molecule has 0 spiro atoms. The molecule has 0 aliphatic carbocycles. The molecule has 0 unspecified atom stereocenters. The van der Waals surface area contributed by atoms with Crippen molar-refractivity contribution in [3.05, 3.63) is 78.2 Å². The average molecular weight is 405 g/mol. The van der Waals surface area contributed by atoms with Gasteiger partial charge >= 0.3 is 6.03 Å². The van der Waals surface area contributed by atoms with Crippen LogP contribution in [0, 0.1) is 5.82 Å².